The number of rotatable bonds is 7. The molecule has 0 aliphatic rings. The van der Waals surface area contributed by atoms with Gasteiger partial charge < -0.3 is 0 Å². The predicted octanol–water partition coefficient (Wildman–Crippen LogP) is 3.08. The van der Waals surface area contributed by atoms with Gasteiger partial charge in [-0.15, -0.1) is 19.7 Å². The standard InChI is InChI=1S/C9H16O2Si.CN/c1-4-7-12(11-10,8-5-2)9-6-3;1-2/h4-6,10H,1-3,7-9H2;. The average Bonchev–Trinajstić information content (AvgIpc) is 2.22. The molecule has 77 valence electrons. The van der Waals surface area contributed by atoms with E-state index in [1.807, 2.05) is 0 Å². The largest absolute Gasteiger partial charge is 0.288 e. The molecule has 4 heteroatoms. The SMILES string of the molecule is C=CC[Si](CC=C)(CC=C)OO.[C]#N. The summed E-state index contributed by atoms with van der Waals surface area (Å²) in [6.07, 6.45) is 5.32. The molecule has 0 aromatic rings. The molecule has 14 heavy (non-hydrogen) atoms. The van der Waals surface area contributed by atoms with Gasteiger partial charge in [0.1, 0.15) is 0 Å². The summed E-state index contributed by atoms with van der Waals surface area (Å²) in [5.74, 6) is 0. The Morgan fingerprint density at radius 1 is 1.07 bits per heavy atom. The molecule has 1 N–H and O–H groups in total. The molecule has 0 heterocycles. The Morgan fingerprint density at radius 2 is 1.36 bits per heavy atom. The van der Waals surface area contributed by atoms with Crippen LogP contribution in [0.1, 0.15) is 0 Å². The van der Waals surface area contributed by atoms with Gasteiger partial charge in [0.25, 0.3) is 0 Å². The van der Waals surface area contributed by atoms with Crippen molar-refractivity contribution >= 4 is 8.32 Å². The molecule has 0 fully saturated rings. The van der Waals surface area contributed by atoms with E-state index >= 15 is 0 Å². The van der Waals surface area contributed by atoms with Crippen LogP contribution in [0.25, 0.3) is 0 Å². The Morgan fingerprint density at radius 3 is 1.50 bits per heavy atom. The molecule has 0 bridgehead atoms. The van der Waals surface area contributed by atoms with Crippen molar-refractivity contribution in [2.24, 2.45) is 0 Å². The Balaban J connectivity index is 0. The highest BCUT2D eigenvalue weighted by molar-refractivity contribution is 6.74. The first-order valence-electron chi connectivity index (χ1n) is 4.12. The molecule has 0 saturated carbocycles. The van der Waals surface area contributed by atoms with Crippen LogP contribution in [0.4, 0.5) is 0 Å². The molecule has 0 rings (SSSR count). The number of nitrogens with zero attached hydrogens (tertiary/aromatic N) is 1. The van der Waals surface area contributed by atoms with Crippen LogP contribution in [0.2, 0.25) is 18.1 Å². The van der Waals surface area contributed by atoms with Crippen molar-refractivity contribution in [1.82, 2.24) is 0 Å². The molecule has 1 radical (unpaired) electrons. The maximum absolute atomic E-state index is 8.79. The zero-order valence-electron chi connectivity index (χ0n) is 8.28. The molecular formula is C10H16NO2Si. The van der Waals surface area contributed by atoms with Gasteiger partial charge in [-0.05, 0) is 18.1 Å². The van der Waals surface area contributed by atoms with Crippen molar-refractivity contribution in [2.45, 2.75) is 18.1 Å². The van der Waals surface area contributed by atoms with E-state index in [0.717, 1.165) is 18.1 Å². The smallest absolute Gasteiger partial charge is 0.249 e. The fourth-order valence-electron chi connectivity index (χ4n) is 1.15. The first-order chi connectivity index (χ1) is 6.74. The molecule has 0 aromatic heterocycles. The number of allylic oxidation sites excluding steroid dienone is 3. The molecule has 0 unspecified atom stereocenters. The highest BCUT2D eigenvalue weighted by atomic mass is 28.4. The predicted molar refractivity (Wildman–Crippen MR) is 59.4 cm³/mol. The van der Waals surface area contributed by atoms with Crippen LogP contribution in [0.15, 0.2) is 38.0 Å². The molecule has 0 spiro atoms. The molecule has 0 amide bonds. The summed E-state index contributed by atoms with van der Waals surface area (Å²) < 4.78 is 4.58. The van der Waals surface area contributed by atoms with Gasteiger partial charge in [0.05, 0.1) is 0 Å². The third kappa shape index (κ3) is 5.49. The van der Waals surface area contributed by atoms with Crippen LogP contribution < -0.4 is 0 Å². The molecule has 0 aliphatic heterocycles. The third-order valence-corrected chi connectivity index (χ3v) is 5.23. The van der Waals surface area contributed by atoms with Crippen molar-refractivity contribution in [3.63, 3.8) is 0 Å². The second-order valence-corrected chi connectivity index (χ2v) is 6.53. The quantitative estimate of drug-likeness (QED) is 0.304. The molecular weight excluding hydrogens is 194 g/mol. The van der Waals surface area contributed by atoms with Gasteiger partial charge in [0, 0.05) is 0 Å². The average molecular weight is 210 g/mol. The van der Waals surface area contributed by atoms with Crippen molar-refractivity contribution in [3.8, 4) is 0 Å². The van der Waals surface area contributed by atoms with E-state index in [1.165, 1.54) is 0 Å². The van der Waals surface area contributed by atoms with Gasteiger partial charge in [-0.3, -0.25) is 9.83 Å². The van der Waals surface area contributed by atoms with Gasteiger partial charge in [0.2, 0.25) is 8.32 Å². The molecule has 3 nitrogen and oxygen atoms in total. The Labute approximate surface area is 86.7 Å². The summed E-state index contributed by atoms with van der Waals surface area (Å²) in [4.78, 5) is 0. The molecule has 0 aliphatic carbocycles. The van der Waals surface area contributed by atoms with Gasteiger partial charge in [-0.2, -0.15) is 5.26 Å². The van der Waals surface area contributed by atoms with Gasteiger partial charge in [0.15, 0.2) is 6.57 Å². The minimum Gasteiger partial charge on any atom is -0.288 e. The van der Waals surface area contributed by atoms with E-state index in [2.05, 4.69) is 24.3 Å². The number of hydrogen-bond acceptors (Lipinski definition) is 3. The summed E-state index contributed by atoms with van der Waals surface area (Å²) in [5.41, 5.74) is 0. The molecule has 0 atom stereocenters. The summed E-state index contributed by atoms with van der Waals surface area (Å²) >= 11 is 0. The fraction of sp³-hybridized carbons (Fsp3) is 0.300. The van der Waals surface area contributed by atoms with Crippen LogP contribution in [0.3, 0.4) is 0 Å². The lowest BCUT2D eigenvalue weighted by molar-refractivity contribution is -0.151. The Hall–Kier alpha value is -1.15. The lowest BCUT2D eigenvalue weighted by atomic mass is 10.7. The van der Waals surface area contributed by atoms with Crippen LogP contribution in [-0.4, -0.2) is 13.6 Å². The van der Waals surface area contributed by atoms with Gasteiger partial charge >= 0.3 is 0 Å². The van der Waals surface area contributed by atoms with Crippen LogP contribution in [-0.2, 0) is 4.58 Å². The van der Waals surface area contributed by atoms with Crippen LogP contribution in [0.5, 0.6) is 0 Å². The van der Waals surface area contributed by atoms with Crippen LogP contribution in [0, 0.1) is 11.8 Å². The minimum atomic E-state index is -2.07. The second-order valence-electron chi connectivity index (χ2n) is 2.75. The van der Waals surface area contributed by atoms with Crippen molar-refractivity contribution in [2.75, 3.05) is 0 Å². The van der Waals surface area contributed by atoms with Crippen LogP contribution >= 0.6 is 0 Å². The fourth-order valence-corrected chi connectivity index (χ4v) is 3.45. The highest BCUT2D eigenvalue weighted by Gasteiger charge is 2.31. The highest BCUT2D eigenvalue weighted by Crippen LogP contribution is 2.22. The lowest BCUT2D eigenvalue weighted by Crippen LogP contribution is -2.35. The number of hydrogen-bond donors (Lipinski definition) is 1. The van der Waals surface area contributed by atoms with E-state index in [0.29, 0.717) is 0 Å². The van der Waals surface area contributed by atoms with Crippen molar-refractivity contribution < 1.29 is 9.83 Å². The van der Waals surface area contributed by atoms with E-state index in [1.54, 1.807) is 18.2 Å². The monoisotopic (exact) mass is 210 g/mol. The maximum atomic E-state index is 8.79. The summed E-state index contributed by atoms with van der Waals surface area (Å²) in [6, 6.07) is 2.17. The maximum Gasteiger partial charge on any atom is 0.249 e. The van der Waals surface area contributed by atoms with Gasteiger partial charge in [-0.1, -0.05) is 18.2 Å². The zero-order chi connectivity index (χ0) is 11.4. The summed E-state index contributed by atoms with van der Waals surface area (Å²) in [5, 5.41) is 15.0. The van der Waals surface area contributed by atoms with E-state index in [4.69, 9.17) is 17.1 Å². The van der Waals surface area contributed by atoms with E-state index in [-0.39, 0.29) is 0 Å². The van der Waals surface area contributed by atoms with E-state index < -0.39 is 8.32 Å². The van der Waals surface area contributed by atoms with Crippen molar-refractivity contribution in [3.05, 3.63) is 44.5 Å². The topological polar surface area (TPSA) is 53.2 Å². The Bertz CT molecular complexity index is 175. The minimum absolute atomic E-state index is 0.724. The van der Waals surface area contributed by atoms with E-state index in [9.17, 15) is 0 Å². The Kier molecular flexibility index (Phi) is 10.9. The third-order valence-electron chi connectivity index (χ3n) is 1.74. The summed E-state index contributed by atoms with van der Waals surface area (Å²) in [6.45, 7) is 15.6. The normalized spacial score (nSPS) is 9.36. The summed E-state index contributed by atoms with van der Waals surface area (Å²) in [7, 11) is -2.07. The first kappa shape index (κ1) is 15.3. The molecule has 0 saturated heterocycles. The zero-order valence-corrected chi connectivity index (χ0v) is 9.28. The molecule has 0 aromatic carbocycles. The first-order valence-corrected chi connectivity index (χ1v) is 6.65. The lowest BCUT2D eigenvalue weighted by Gasteiger charge is -2.23. The van der Waals surface area contributed by atoms with Gasteiger partial charge in [-0.25, -0.2) is 0 Å². The second kappa shape index (κ2) is 9.93. The van der Waals surface area contributed by atoms with Crippen molar-refractivity contribution in [1.29, 1.82) is 5.26 Å².